The molecule has 1 aliphatic rings. The first-order valence-electron chi connectivity index (χ1n) is 7.88. The molecule has 1 aliphatic heterocycles. The average molecular weight is 322 g/mol. The Balaban J connectivity index is 1.67. The number of hydrogen-bond acceptors (Lipinski definition) is 6. The highest BCUT2D eigenvalue weighted by molar-refractivity contribution is 5.58. The van der Waals surface area contributed by atoms with Gasteiger partial charge in [0.15, 0.2) is 5.82 Å². The maximum atomic E-state index is 5.90. The van der Waals surface area contributed by atoms with Crippen molar-refractivity contribution in [2.45, 2.75) is 0 Å². The van der Waals surface area contributed by atoms with Crippen LogP contribution in [-0.2, 0) is 4.74 Å². The van der Waals surface area contributed by atoms with Gasteiger partial charge in [0.05, 0.1) is 18.9 Å². The zero-order chi connectivity index (χ0) is 16.4. The predicted molar refractivity (Wildman–Crippen MR) is 92.0 cm³/mol. The van der Waals surface area contributed by atoms with E-state index in [1.807, 2.05) is 48.7 Å². The minimum absolute atomic E-state index is 0.241. The largest absolute Gasteiger partial charge is 0.378 e. The van der Waals surface area contributed by atoms with Crippen molar-refractivity contribution >= 4 is 11.8 Å². The Morgan fingerprint density at radius 1 is 0.958 bits per heavy atom. The first kappa shape index (κ1) is 14.6. The van der Waals surface area contributed by atoms with Crippen LogP contribution in [0.5, 0.6) is 0 Å². The van der Waals surface area contributed by atoms with E-state index in [1.165, 1.54) is 0 Å². The van der Waals surface area contributed by atoms with Gasteiger partial charge in [-0.05, 0) is 6.07 Å². The Bertz CT molecular complexity index is 826. The molecule has 0 unspecified atom stereocenters. The summed E-state index contributed by atoms with van der Waals surface area (Å²) in [7, 11) is 0. The highest BCUT2D eigenvalue weighted by atomic mass is 16.5. The normalized spacial score (nSPS) is 14.8. The molecule has 0 amide bonds. The van der Waals surface area contributed by atoms with Gasteiger partial charge in [-0.3, -0.25) is 0 Å². The summed E-state index contributed by atoms with van der Waals surface area (Å²) in [5.74, 6) is 1.70. The Labute approximate surface area is 139 Å². The number of morpholine rings is 1. The van der Waals surface area contributed by atoms with Crippen LogP contribution in [0.1, 0.15) is 0 Å². The zero-order valence-electron chi connectivity index (χ0n) is 13.2. The van der Waals surface area contributed by atoms with E-state index in [4.69, 9.17) is 10.5 Å². The molecule has 2 aromatic heterocycles. The van der Waals surface area contributed by atoms with Crippen molar-refractivity contribution in [1.82, 2.24) is 19.7 Å². The predicted octanol–water partition coefficient (Wildman–Crippen LogP) is 1.75. The lowest BCUT2D eigenvalue weighted by Crippen LogP contribution is -2.37. The number of aromatic nitrogens is 4. The lowest BCUT2D eigenvalue weighted by atomic mass is 10.2. The van der Waals surface area contributed by atoms with E-state index >= 15 is 0 Å². The summed E-state index contributed by atoms with van der Waals surface area (Å²) in [6.45, 7) is 2.98. The Kier molecular flexibility index (Phi) is 3.84. The molecular formula is C17H18N6O. The number of nitrogen functional groups attached to an aromatic ring is 1. The summed E-state index contributed by atoms with van der Waals surface area (Å²) < 4.78 is 7.11. The maximum Gasteiger partial charge on any atom is 0.224 e. The molecule has 7 nitrogen and oxygen atoms in total. The maximum absolute atomic E-state index is 5.90. The molecule has 0 bridgehead atoms. The SMILES string of the molecule is Nc1nc(N2CCOCC2)cc(-n2ccc(-c3ccccc3)n2)n1. The molecular weight excluding hydrogens is 304 g/mol. The molecule has 1 fully saturated rings. The third-order valence-corrected chi connectivity index (χ3v) is 3.94. The third kappa shape index (κ3) is 2.93. The molecule has 0 spiro atoms. The minimum Gasteiger partial charge on any atom is -0.378 e. The summed E-state index contributed by atoms with van der Waals surface area (Å²) in [4.78, 5) is 10.8. The molecule has 3 aromatic rings. The van der Waals surface area contributed by atoms with E-state index in [0.717, 1.165) is 30.2 Å². The number of anilines is 2. The van der Waals surface area contributed by atoms with Gasteiger partial charge >= 0.3 is 0 Å². The highest BCUT2D eigenvalue weighted by Gasteiger charge is 2.15. The van der Waals surface area contributed by atoms with Crippen LogP contribution < -0.4 is 10.6 Å². The first-order valence-corrected chi connectivity index (χ1v) is 7.88. The standard InChI is InChI=1S/C17H18N6O/c18-17-19-15(22-8-10-24-11-9-22)12-16(20-17)23-7-6-14(21-23)13-4-2-1-3-5-13/h1-7,12H,8-11H2,(H2,18,19,20). The lowest BCUT2D eigenvalue weighted by molar-refractivity contribution is 0.122. The second kappa shape index (κ2) is 6.29. The molecule has 0 radical (unpaired) electrons. The van der Waals surface area contributed by atoms with Crippen molar-refractivity contribution in [3.63, 3.8) is 0 Å². The van der Waals surface area contributed by atoms with E-state index in [1.54, 1.807) is 4.68 Å². The smallest absolute Gasteiger partial charge is 0.224 e. The monoisotopic (exact) mass is 322 g/mol. The second-order valence-corrected chi connectivity index (χ2v) is 5.55. The fourth-order valence-corrected chi connectivity index (χ4v) is 2.73. The van der Waals surface area contributed by atoms with Crippen LogP contribution in [0.4, 0.5) is 11.8 Å². The Morgan fingerprint density at radius 2 is 1.71 bits per heavy atom. The second-order valence-electron chi connectivity index (χ2n) is 5.55. The molecule has 2 N–H and O–H groups in total. The van der Waals surface area contributed by atoms with E-state index in [0.29, 0.717) is 19.0 Å². The number of benzene rings is 1. The van der Waals surface area contributed by atoms with E-state index in [-0.39, 0.29) is 5.95 Å². The van der Waals surface area contributed by atoms with Crippen LogP contribution in [0.2, 0.25) is 0 Å². The molecule has 0 saturated carbocycles. The molecule has 7 heteroatoms. The van der Waals surface area contributed by atoms with Crippen LogP contribution >= 0.6 is 0 Å². The quantitative estimate of drug-likeness (QED) is 0.791. The fraction of sp³-hybridized carbons (Fsp3) is 0.235. The third-order valence-electron chi connectivity index (χ3n) is 3.94. The van der Waals surface area contributed by atoms with Crippen LogP contribution in [0, 0.1) is 0 Å². The summed E-state index contributed by atoms with van der Waals surface area (Å²) >= 11 is 0. The topological polar surface area (TPSA) is 82.1 Å². The minimum atomic E-state index is 0.241. The lowest BCUT2D eigenvalue weighted by Gasteiger charge is -2.27. The number of hydrogen-bond donors (Lipinski definition) is 1. The molecule has 122 valence electrons. The summed E-state index contributed by atoms with van der Waals surface area (Å²) in [5, 5.41) is 4.61. The van der Waals surface area contributed by atoms with Crippen molar-refractivity contribution in [3.8, 4) is 17.1 Å². The van der Waals surface area contributed by atoms with E-state index in [9.17, 15) is 0 Å². The highest BCUT2D eigenvalue weighted by Crippen LogP contribution is 2.20. The van der Waals surface area contributed by atoms with Crippen molar-refractivity contribution in [2.75, 3.05) is 36.9 Å². The van der Waals surface area contributed by atoms with Crippen LogP contribution in [0.25, 0.3) is 17.1 Å². The first-order chi connectivity index (χ1) is 11.8. The van der Waals surface area contributed by atoms with E-state index < -0.39 is 0 Å². The fourth-order valence-electron chi connectivity index (χ4n) is 2.73. The molecule has 4 rings (SSSR count). The van der Waals surface area contributed by atoms with Crippen LogP contribution in [-0.4, -0.2) is 46.1 Å². The van der Waals surface area contributed by atoms with Crippen molar-refractivity contribution in [2.24, 2.45) is 0 Å². The van der Waals surface area contributed by atoms with Gasteiger partial charge < -0.3 is 15.4 Å². The van der Waals surface area contributed by atoms with Gasteiger partial charge in [0.25, 0.3) is 0 Å². The van der Waals surface area contributed by atoms with Crippen LogP contribution in [0.15, 0.2) is 48.7 Å². The summed E-state index contributed by atoms with van der Waals surface area (Å²) in [6, 6.07) is 13.9. The number of ether oxygens (including phenoxy) is 1. The zero-order valence-corrected chi connectivity index (χ0v) is 13.2. The summed E-state index contributed by atoms with van der Waals surface area (Å²) in [6.07, 6.45) is 1.88. The van der Waals surface area contributed by atoms with Gasteiger partial charge in [0.2, 0.25) is 5.95 Å². The van der Waals surface area contributed by atoms with Gasteiger partial charge in [-0.15, -0.1) is 0 Å². The Hall–Kier alpha value is -2.93. The molecule has 1 aromatic carbocycles. The van der Waals surface area contributed by atoms with Gasteiger partial charge in [-0.25, -0.2) is 4.68 Å². The molecule has 0 aliphatic carbocycles. The Morgan fingerprint density at radius 3 is 2.50 bits per heavy atom. The molecule has 1 saturated heterocycles. The van der Waals surface area contributed by atoms with Crippen molar-refractivity contribution in [1.29, 1.82) is 0 Å². The summed E-state index contributed by atoms with van der Waals surface area (Å²) in [5.41, 5.74) is 7.85. The number of nitrogens with two attached hydrogens (primary N) is 1. The van der Waals surface area contributed by atoms with Gasteiger partial charge in [-0.1, -0.05) is 30.3 Å². The van der Waals surface area contributed by atoms with E-state index in [2.05, 4.69) is 20.0 Å². The van der Waals surface area contributed by atoms with Crippen molar-refractivity contribution < 1.29 is 4.74 Å². The van der Waals surface area contributed by atoms with Crippen LogP contribution in [0.3, 0.4) is 0 Å². The van der Waals surface area contributed by atoms with Gasteiger partial charge in [0, 0.05) is 30.9 Å². The average Bonchev–Trinajstić information content (AvgIpc) is 3.13. The number of rotatable bonds is 3. The van der Waals surface area contributed by atoms with Crippen molar-refractivity contribution in [3.05, 3.63) is 48.7 Å². The molecule has 0 atom stereocenters. The molecule has 24 heavy (non-hydrogen) atoms. The number of nitrogens with zero attached hydrogens (tertiary/aromatic N) is 5. The van der Waals surface area contributed by atoms with Gasteiger partial charge in [-0.2, -0.15) is 15.1 Å². The van der Waals surface area contributed by atoms with Gasteiger partial charge in [0.1, 0.15) is 5.82 Å². The molecule has 3 heterocycles.